The van der Waals surface area contributed by atoms with Gasteiger partial charge in [0.05, 0.1) is 10.6 Å². The number of fused-ring (bicyclic) bond motifs is 1. The van der Waals surface area contributed by atoms with Crippen LogP contribution in [0.15, 0.2) is 77.8 Å². The smallest absolute Gasteiger partial charge is 0.226 e. The first-order valence-electron chi connectivity index (χ1n) is 9.66. The van der Waals surface area contributed by atoms with Crippen LogP contribution < -0.4 is 5.32 Å². The number of aryl methyl sites for hydroxylation is 1. The molecule has 2 aromatic carbocycles. The lowest BCUT2D eigenvalue weighted by Gasteiger charge is -2.09. The molecule has 0 saturated heterocycles. The van der Waals surface area contributed by atoms with E-state index in [4.69, 9.17) is 16.6 Å². The van der Waals surface area contributed by atoms with Gasteiger partial charge in [-0.25, -0.2) is 13.4 Å². The van der Waals surface area contributed by atoms with E-state index < -0.39 is 15.7 Å². The standard InChI is InChI=1S/C23H20ClN3O3S/c1-16-6-5-14-27-22(16)26-21(17-7-3-2-4-8-17)23(27)25-20(28)13-15-31(29,30)19-11-9-18(24)10-12-19/h2-12,14H,13,15H2,1H3,(H,25,28). The Morgan fingerprint density at radius 3 is 2.45 bits per heavy atom. The van der Waals surface area contributed by atoms with Crippen molar-refractivity contribution >= 4 is 38.8 Å². The summed E-state index contributed by atoms with van der Waals surface area (Å²) in [7, 11) is -3.60. The quantitative estimate of drug-likeness (QED) is 0.456. The van der Waals surface area contributed by atoms with Gasteiger partial charge in [0, 0.05) is 23.2 Å². The van der Waals surface area contributed by atoms with Gasteiger partial charge in [0.15, 0.2) is 9.84 Å². The number of anilines is 1. The number of halogens is 1. The molecule has 0 unspecified atom stereocenters. The molecule has 0 radical (unpaired) electrons. The Morgan fingerprint density at radius 1 is 1.03 bits per heavy atom. The fraction of sp³-hybridized carbons (Fsp3) is 0.130. The van der Waals surface area contributed by atoms with Crippen molar-refractivity contribution in [2.45, 2.75) is 18.2 Å². The number of hydrogen-bond donors (Lipinski definition) is 1. The molecule has 0 atom stereocenters. The summed E-state index contributed by atoms with van der Waals surface area (Å²) in [5, 5.41) is 3.32. The number of pyridine rings is 1. The highest BCUT2D eigenvalue weighted by Gasteiger charge is 2.20. The summed E-state index contributed by atoms with van der Waals surface area (Å²) >= 11 is 5.83. The van der Waals surface area contributed by atoms with Crippen molar-refractivity contribution < 1.29 is 13.2 Å². The van der Waals surface area contributed by atoms with E-state index in [2.05, 4.69) is 5.32 Å². The molecule has 4 rings (SSSR count). The molecule has 0 fully saturated rings. The van der Waals surface area contributed by atoms with Crippen LogP contribution in [0, 0.1) is 6.92 Å². The fourth-order valence-corrected chi connectivity index (χ4v) is 4.67. The summed E-state index contributed by atoms with van der Waals surface area (Å²) in [6, 6.07) is 19.3. The van der Waals surface area contributed by atoms with Crippen LogP contribution in [0.1, 0.15) is 12.0 Å². The fourth-order valence-electron chi connectivity index (χ4n) is 3.30. The number of nitrogens with zero attached hydrogens (tertiary/aromatic N) is 2. The number of nitrogens with one attached hydrogen (secondary N) is 1. The third-order valence-electron chi connectivity index (χ3n) is 4.92. The van der Waals surface area contributed by atoms with Crippen LogP contribution in [-0.4, -0.2) is 29.5 Å². The molecule has 1 N–H and O–H groups in total. The molecule has 1 amide bonds. The Labute approximate surface area is 185 Å². The van der Waals surface area contributed by atoms with Crippen LogP contribution >= 0.6 is 11.6 Å². The maximum Gasteiger partial charge on any atom is 0.226 e. The number of carbonyl (C=O) groups is 1. The molecule has 6 nitrogen and oxygen atoms in total. The minimum atomic E-state index is -3.60. The van der Waals surface area contributed by atoms with Gasteiger partial charge in [0.1, 0.15) is 17.2 Å². The molecule has 0 spiro atoms. The van der Waals surface area contributed by atoms with Crippen molar-refractivity contribution in [3.05, 3.63) is 83.5 Å². The molecule has 0 aliphatic carbocycles. The van der Waals surface area contributed by atoms with Gasteiger partial charge in [-0.1, -0.05) is 48.0 Å². The molecule has 8 heteroatoms. The van der Waals surface area contributed by atoms with E-state index in [9.17, 15) is 13.2 Å². The summed E-state index contributed by atoms with van der Waals surface area (Å²) in [5.74, 6) is -0.200. The Balaban J connectivity index is 1.60. The van der Waals surface area contributed by atoms with Crippen LogP contribution in [0.25, 0.3) is 16.9 Å². The molecule has 4 aromatic rings. The molecule has 2 aromatic heterocycles. The van der Waals surface area contributed by atoms with Gasteiger partial charge in [0.2, 0.25) is 5.91 Å². The summed E-state index contributed by atoms with van der Waals surface area (Å²) in [6.45, 7) is 1.95. The lowest BCUT2D eigenvalue weighted by Crippen LogP contribution is -2.18. The summed E-state index contributed by atoms with van der Waals surface area (Å²) in [5.41, 5.74) is 3.18. The minimum absolute atomic E-state index is 0.139. The van der Waals surface area contributed by atoms with Crippen molar-refractivity contribution in [3.63, 3.8) is 0 Å². The Morgan fingerprint density at radius 2 is 1.74 bits per heavy atom. The third kappa shape index (κ3) is 4.47. The van der Waals surface area contributed by atoms with Crippen molar-refractivity contribution in [2.24, 2.45) is 0 Å². The predicted octanol–water partition coefficient (Wildman–Crippen LogP) is 4.77. The SMILES string of the molecule is Cc1cccn2c(NC(=O)CCS(=O)(=O)c3ccc(Cl)cc3)c(-c3ccccc3)nc12. The van der Waals surface area contributed by atoms with E-state index in [1.165, 1.54) is 24.3 Å². The van der Waals surface area contributed by atoms with Gasteiger partial charge in [-0.15, -0.1) is 0 Å². The second-order valence-electron chi connectivity index (χ2n) is 7.13. The van der Waals surface area contributed by atoms with Gasteiger partial charge in [0.25, 0.3) is 0 Å². The van der Waals surface area contributed by atoms with Crippen LogP contribution in [0.5, 0.6) is 0 Å². The maximum atomic E-state index is 12.7. The van der Waals surface area contributed by atoms with Crippen LogP contribution in [0.4, 0.5) is 5.82 Å². The number of rotatable bonds is 6. The highest BCUT2D eigenvalue weighted by Crippen LogP contribution is 2.30. The average molecular weight is 454 g/mol. The Bertz CT molecular complexity index is 1350. The Kier molecular flexibility index (Phi) is 5.80. The molecule has 158 valence electrons. The van der Waals surface area contributed by atoms with Crippen molar-refractivity contribution in [1.82, 2.24) is 9.38 Å². The van der Waals surface area contributed by atoms with Crippen molar-refractivity contribution in [3.8, 4) is 11.3 Å². The van der Waals surface area contributed by atoms with E-state index in [0.29, 0.717) is 16.5 Å². The number of benzene rings is 2. The number of amides is 1. The lowest BCUT2D eigenvalue weighted by atomic mass is 10.1. The van der Waals surface area contributed by atoms with E-state index in [0.717, 1.165) is 16.8 Å². The summed E-state index contributed by atoms with van der Waals surface area (Å²) < 4.78 is 26.9. The lowest BCUT2D eigenvalue weighted by molar-refractivity contribution is -0.115. The number of sulfone groups is 1. The summed E-state index contributed by atoms with van der Waals surface area (Å²) in [4.78, 5) is 17.6. The first-order chi connectivity index (χ1) is 14.8. The van der Waals surface area contributed by atoms with Crippen LogP contribution in [0.3, 0.4) is 0 Å². The van der Waals surface area contributed by atoms with Crippen molar-refractivity contribution in [1.29, 1.82) is 0 Å². The molecule has 31 heavy (non-hydrogen) atoms. The zero-order valence-electron chi connectivity index (χ0n) is 16.7. The molecule has 0 aliphatic heterocycles. The van der Waals surface area contributed by atoms with Gasteiger partial charge in [-0.3, -0.25) is 9.20 Å². The van der Waals surface area contributed by atoms with Gasteiger partial charge < -0.3 is 5.32 Å². The molecule has 0 saturated carbocycles. The van der Waals surface area contributed by atoms with E-state index in [-0.39, 0.29) is 17.1 Å². The molecular formula is C23H20ClN3O3S. The van der Waals surface area contributed by atoms with Gasteiger partial charge >= 0.3 is 0 Å². The van der Waals surface area contributed by atoms with E-state index >= 15 is 0 Å². The van der Waals surface area contributed by atoms with E-state index in [1.807, 2.05) is 60.0 Å². The zero-order valence-corrected chi connectivity index (χ0v) is 18.3. The number of aromatic nitrogens is 2. The second kappa shape index (κ2) is 8.53. The third-order valence-corrected chi connectivity index (χ3v) is 6.90. The first-order valence-corrected chi connectivity index (χ1v) is 11.7. The highest BCUT2D eigenvalue weighted by molar-refractivity contribution is 7.91. The number of imidazole rings is 1. The molecule has 2 heterocycles. The monoisotopic (exact) mass is 453 g/mol. The largest absolute Gasteiger partial charge is 0.310 e. The topological polar surface area (TPSA) is 80.5 Å². The molecular weight excluding hydrogens is 434 g/mol. The second-order valence-corrected chi connectivity index (χ2v) is 9.68. The van der Waals surface area contributed by atoms with Crippen LogP contribution in [-0.2, 0) is 14.6 Å². The van der Waals surface area contributed by atoms with Gasteiger partial charge in [-0.05, 0) is 42.8 Å². The van der Waals surface area contributed by atoms with Crippen molar-refractivity contribution in [2.75, 3.05) is 11.1 Å². The summed E-state index contributed by atoms with van der Waals surface area (Å²) in [6.07, 6.45) is 1.64. The normalized spacial score (nSPS) is 11.5. The first kappa shape index (κ1) is 21.1. The van der Waals surface area contributed by atoms with E-state index in [1.54, 1.807) is 0 Å². The predicted molar refractivity (Wildman–Crippen MR) is 122 cm³/mol. The molecule has 0 bridgehead atoms. The zero-order chi connectivity index (χ0) is 22.0. The van der Waals surface area contributed by atoms with Crippen LogP contribution in [0.2, 0.25) is 5.02 Å². The van der Waals surface area contributed by atoms with Gasteiger partial charge in [-0.2, -0.15) is 0 Å². The minimum Gasteiger partial charge on any atom is -0.310 e. The average Bonchev–Trinajstić information content (AvgIpc) is 3.13. The number of hydrogen-bond acceptors (Lipinski definition) is 4. The Hall–Kier alpha value is -3.16. The maximum absolute atomic E-state index is 12.7. The highest BCUT2D eigenvalue weighted by atomic mass is 35.5. The number of carbonyl (C=O) groups excluding carboxylic acids is 1. The molecule has 0 aliphatic rings.